The van der Waals surface area contributed by atoms with Crippen molar-refractivity contribution in [3.63, 3.8) is 0 Å². The predicted molar refractivity (Wildman–Crippen MR) is 94.6 cm³/mol. The Kier molecular flexibility index (Phi) is 3.47. The number of ketones is 1. The molecule has 5 aliphatic rings. The van der Waals surface area contributed by atoms with E-state index in [4.69, 9.17) is 4.36 Å². The number of hydrogen-bond donors (Lipinski definition) is 0. The second-order valence-electron chi connectivity index (χ2n) is 8.23. The van der Waals surface area contributed by atoms with E-state index >= 15 is 0 Å². The summed E-state index contributed by atoms with van der Waals surface area (Å²) in [6, 6.07) is 10.9. The van der Waals surface area contributed by atoms with Crippen molar-refractivity contribution >= 4 is 16.5 Å². The van der Waals surface area contributed by atoms with Crippen LogP contribution in [0.3, 0.4) is 0 Å². The third-order valence-electron chi connectivity index (χ3n) is 6.71. The number of nitrogens with zero attached hydrogens (tertiary/aromatic N) is 1. The molecule has 4 aliphatic carbocycles. The second kappa shape index (κ2) is 5.54. The molecule has 5 fully saturated rings. The molecule has 122 valence electrons. The molecular weight excluding hydrogens is 302 g/mol. The number of carbonyl (C=O) groups is 1. The molecule has 1 saturated heterocycles. The first-order valence-electron chi connectivity index (χ1n) is 9.22. The van der Waals surface area contributed by atoms with Crippen molar-refractivity contribution in [2.45, 2.75) is 44.1 Å². The van der Waals surface area contributed by atoms with Gasteiger partial charge in [-0.3, -0.25) is 9.16 Å². The Morgan fingerprint density at radius 3 is 2.22 bits per heavy atom. The van der Waals surface area contributed by atoms with Gasteiger partial charge >= 0.3 is 0 Å². The number of benzene rings is 1. The first-order valence-corrected chi connectivity index (χ1v) is 10.7. The zero-order chi connectivity index (χ0) is 15.4. The maximum Gasteiger partial charge on any atom is 0.152 e. The van der Waals surface area contributed by atoms with E-state index in [1.807, 2.05) is 18.2 Å². The van der Waals surface area contributed by atoms with Crippen molar-refractivity contribution in [2.24, 2.45) is 28.0 Å². The lowest BCUT2D eigenvalue weighted by Gasteiger charge is -2.53. The Hall–Kier alpha value is -0.960. The first kappa shape index (κ1) is 14.4. The molecular formula is C20H25NOS. The van der Waals surface area contributed by atoms with Crippen LogP contribution in [-0.4, -0.2) is 23.3 Å². The standard InChI is InChI=1S/C20H25NOS/c22-19-12-23(11-18(19)15-4-2-1-3-5-15)21-20-16-7-13-6-14(9-16)10-17(20)8-13/h1-5,13-14,16-18,20H,6-12H2. The molecule has 2 atom stereocenters. The topological polar surface area (TPSA) is 29.4 Å². The summed E-state index contributed by atoms with van der Waals surface area (Å²) in [4.78, 5) is 12.5. The van der Waals surface area contributed by atoms with Crippen LogP contribution in [0, 0.1) is 23.7 Å². The van der Waals surface area contributed by atoms with Crippen LogP contribution in [0.2, 0.25) is 0 Å². The molecule has 23 heavy (non-hydrogen) atoms. The summed E-state index contributed by atoms with van der Waals surface area (Å²) in [7, 11) is -0.0156. The maximum atomic E-state index is 12.5. The minimum atomic E-state index is -0.0156. The molecule has 0 radical (unpaired) electrons. The highest BCUT2D eigenvalue weighted by Gasteiger charge is 2.48. The Morgan fingerprint density at radius 1 is 0.913 bits per heavy atom. The fourth-order valence-electron chi connectivity index (χ4n) is 5.90. The molecule has 0 spiro atoms. The van der Waals surface area contributed by atoms with Gasteiger partial charge < -0.3 is 0 Å². The van der Waals surface area contributed by atoms with E-state index in [-0.39, 0.29) is 16.6 Å². The molecule has 1 aromatic carbocycles. The molecule has 2 nitrogen and oxygen atoms in total. The van der Waals surface area contributed by atoms with Crippen LogP contribution in [0.4, 0.5) is 0 Å². The summed E-state index contributed by atoms with van der Waals surface area (Å²) in [5.41, 5.74) is 1.20. The minimum Gasteiger partial charge on any atom is -0.298 e. The molecule has 1 aliphatic heterocycles. The van der Waals surface area contributed by atoms with E-state index in [1.165, 1.54) is 37.7 Å². The second-order valence-corrected chi connectivity index (χ2v) is 9.99. The third-order valence-corrected chi connectivity index (χ3v) is 8.58. The van der Waals surface area contributed by atoms with E-state index in [9.17, 15) is 4.79 Å². The lowest BCUT2D eigenvalue weighted by atomic mass is 9.54. The number of Topliss-reactive ketones (excluding diaryl/α,β-unsaturated/α-hetero) is 1. The van der Waals surface area contributed by atoms with Crippen molar-refractivity contribution in [1.82, 2.24) is 0 Å². The Labute approximate surface area is 141 Å². The van der Waals surface area contributed by atoms with Gasteiger partial charge in [-0.05, 0) is 61.3 Å². The van der Waals surface area contributed by atoms with Gasteiger partial charge in [0.25, 0.3) is 0 Å². The quantitative estimate of drug-likeness (QED) is 0.808. The average molecular weight is 327 g/mol. The van der Waals surface area contributed by atoms with Crippen LogP contribution in [0.5, 0.6) is 0 Å². The zero-order valence-electron chi connectivity index (χ0n) is 13.6. The number of rotatable bonds is 2. The summed E-state index contributed by atoms with van der Waals surface area (Å²) in [5.74, 6) is 5.94. The maximum absolute atomic E-state index is 12.5. The van der Waals surface area contributed by atoms with Crippen LogP contribution < -0.4 is 0 Å². The van der Waals surface area contributed by atoms with Crippen molar-refractivity contribution in [2.75, 3.05) is 11.5 Å². The van der Waals surface area contributed by atoms with Crippen LogP contribution in [0.1, 0.15) is 43.6 Å². The van der Waals surface area contributed by atoms with Crippen LogP contribution in [-0.2, 0) is 15.5 Å². The molecule has 4 bridgehead atoms. The summed E-state index contributed by atoms with van der Waals surface area (Å²) in [6.45, 7) is 0. The van der Waals surface area contributed by atoms with E-state index < -0.39 is 0 Å². The number of hydrogen-bond acceptors (Lipinski definition) is 2. The summed E-state index contributed by atoms with van der Waals surface area (Å²) in [6.07, 6.45) is 7.20. The number of carbonyl (C=O) groups excluding carboxylic acids is 1. The first-order chi connectivity index (χ1) is 11.3. The van der Waals surface area contributed by atoms with Gasteiger partial charge in [0.2, 0.25) is 0 Å². The highest BCUT2D eigenvalue weighted by atomic mass is 32.2. The van der Waals surface area contributed by atoms with Crippen molar-refractivity contribution in [3.8, 4) is 0 Å². The predicted octanol–water partition coefficient (Wildman–Crippen LogP) is 3.98. The monoisotopic (exact) mass is 327 g/mol. The summed E-state index contributed by atoms with van der Waals surface area (Å²) < 4.78 is 5.31. The van der Waals surface area contributed by atoms with Gasteiger partial charge in [0.15, 0.2) is 5.78 Å². The zero-order valence-corrected chi connectivity index (χ0v) is 14.4. The lowest BCUT2D eigenvalue weighted by molar-refractivity contribution is -0.117. The van der Waals surface area contributed by atoms with E-state index in [0.29, 0.717) is 17.6 Å². The molecule has 0 N–H and O–H groups in total. The van der Waals surface area contributed by atoms with Gasteiger partial charge in [0.1, 0.15) is 0 Å². The smallest absolute Gasteiger partial charge is 0.152 e. The van der Waals surface area contributed by atoms with Crippen molar-refractivity contribution in [3.05, 3.63) is 35.9 Å². The van der Waals surface area contributed by atoms with Crippen LogP contribution in [0.25, 0.3) is 0 Å². The normalized spacial score (nSPS) is 45.0. The van der Waals surface area contributed by atoms with Gasteiger partial charge in [0.05, 0.1) is 17.7 Å². The van der Waals surface area contributed by atoms with E-state index in [1.54, 1.807) is 0 Å². The highest BCUT2D eigenvalue weighted by molar-refractivity contribution is 7.88. The molecule has 1 heterocycles. The van der Waals surface area contributed by atoms with Gasteiger partial charge in [-0.15, -0.1) is 0 Å². The molecule has 2 unspecified atom stereocenters. The fourth-order valence-corrected chi connectivity index (χ4v) is 8.16. The Morgan fingerprint density at radius 2 is 1.57 bits per heavy atom. The lowest BCUT2D eigenvalue weighted by Crippen LogP contribution is -2.47. The van der Waals surface area contributed by atoms with E-state index in [2.05, 4.69) is 12.1 Å². The van der Waals surface area contributed by atoms with E-state index in [0.717, 1.165) is 29.4 Å². The van der Waals surface area contributed by atoms with Crippen molar-refractivity contribution in [1.29, 1.82) is 0 Å². The molecule has 1 aromatic rings. The van der Waals surface area contributed by atoms with Crippen LogP contribution >= 0.6 is 0 Å². The van der Waals surface area contributed by atoms with Gasteiger partial charge in [-0.2, -0.15) is 0 Å². The SMILES string of the molecule is O=C1CS(=NC2C3CC4CC(C3)CC2C4)CC1c1ccccc1. The Balaban J connectivity index is 1.37. The van der Waals surface area contributed by atoms with Gasteiger partial charge in [-0.25, -0.2) is 0 Å². The van der Waals surface area contributed by atoms with Crippen LogP contribution in [0.15, 0.2) is 34.7 Å². The average Bonchev–Trinajstić information content (AvgIpc) is 2.92. The molecule has 0 amide bonds. The highest BCUT2D eigenvalue weighted by Crippen LogP contribution is 2.55. The molecule has 3 heteroatoms. The Bertz CT molecular complexity index is 625. The fraction of sp³-hybridized carbons (Fsp3) is 0.650. The summed E-state index contributed by atoms with van der Waals surface area (Å²) >= 11 is 0. The summed E-state index contributed by atoms with van der Waals surface area (Å²) in [5, 5.41) is 0. The molecule has 6 rings (SSSR count). The third kappa shape index (κ3) is 2.52. The van der Waals surface area contributed by atoms with Gasteiger partial charge in [-0.1, -0.05) is 41.0 Å². The molecule has 4 saturated carbocycles. The van der Waals surface area contributed by atoms with Crippen molar-refractivity contribution < 1.29 is 4.79 Å². The molecule has 0 aromatic heterocycles. The van der Waals surface area contributed by atoms with Gasteiger partial charge in [0, 0.05) is 5.75 Å². The minimum absolute atomic E-state index is 0.0156. The largest absolute Gasteiger partial charge is 0.298 e.